The van der Waals surface area contributed by atoms with E-state index in [9.17, 15) is 0 Å². The summed E-state index contributed by atoms with van der Waals surface area (Å²) >= 11 is 0. The van der Waals surface area contributed by atoms with Crippen LogP contribution in [0.5, 0.6) is 5.95 Å². The van der Waals surface area contributed by atoms with Crippen molar-refractivity contribution < 1.29 is 13.3 Å². The van der Waals surface area contributed by atoms with Crippen LogP contribution in [0.25, 0.3) is 6.08 Å². The lowest BCUT2D eigenvalue weighted by molar-refractivity contribution is 0.220. The lowest BCUT2D eigenvalue weighted by Crippen LogP contribution is -2.67. The third kappa shape index (κ3) is 5.13. The zero-order valence-corrected chi connectivity index (χ0v) is 26.7. The van der Waals surface area contributed by atoms with E-state index in [4.69, 9.17) is 13.3 Å². The van der Waals surface area contributed by atoms with Crippen molar-refractivity contribution in [3.05, 3.63) is 84.1 Å². The predicted octanol–water partition coefficient (Wildman–Crippen LogP) is 8.35. The van der Waals surface area contributed by atoms with Crippen LogP contribution in [0.3, 0.4) is 0 Å². The normalized spacial score (nSPS) is 16.4. The monoisotopic (exact) mass is 546 g/mol. The van der Waals surface area contributed by atoms with E-state index in [0.29, 0.717) is 29.0 Å². The molecule has 0 amide bonds. The SMILES string of the molecule is CC(C)[Si](Oc1cc2c(o1)C[C@@H](O[Si](c1ccccc1)(c1ccccc1)C(C)(C)C)C=C2)(C(C)C)C(C)C. The minimum atomic E-state index is -2.65. The van der Waals surface area contributed by atoms with Crippen LogP contribution in [0.4, 0.5) is 0 Å². The van der Waals surface area contributed by atoms with Crippen molar-refractivity contribution in [1.29, 1.82) is 0 Å². The Morgan fingerprint density at radius 1 is 0.789 bits per heavy atom. The molecule has 3 aromatic rings. The van der Waals surface area contributed by atoms with E-state index in [1.54, 1.807) is 0 Å². The summed E-state index contributed by atoms with van der Waals surface area (Å²) in [6, 6.07) is 23.8. The Kier molecular flexibility index (Phi) is 8.32. The second kappa shape index (κ2) is 11.0. The number of fused-ring (bicyclic) bond motifs is 1. The summed E-state index contributed by atoms with van der Waals surface area (Å²) in [6.45, 7) is 20.8. The highest BCUT2D eigenvalue weighted by Crippen LogP contribution is 2.44. The quantitative estimate of drug-likeness (QED) is 0.253. The molecule has 0 saturated carbocycles. The number of rotatable bonds is 9. The zero-order chi connectivity index (χ0) is 27.7. The topological polar surface area (TPSA) is 31.6 Å². The lowest BCUT2D eigenvalue weighted by atomic mass is 10.0. The lowest BCUT2D eigenvalue weighted by Gasteiger charge is -2.45. The fourth-order valence-electron chi connectivity index (χ4n) is 6.76. The predicted molar refractivity (Wildman–Crippen MR) is 166 cm³/mol. The second-order valence-corrected chi connectivity index (χ2v) is 22.4. The Morgan fingerprint density at radius 3 is 1.74 bits per heavy atom. The van der Waals surface area contributed by atoms with Gasteiger partial charge in [-0.15, -0.1) is 0 Å². The molecule has 1 aliphatic carbocycles. The van der Waals surface area contributed by atoms with Gasteiger partial charge in [0, 0.05) is 18.1 Å². The van der Waals surface area contributed by atoms with Crippen LogP contribution < -0.4 is 14.8 Å². The summed E-state index contributed by atoms with van der Waals surface area (Å²) in [5, 5.41) is 2.52. The van der Waals surface area contributed by atoms with Crippen LogP contribution in [0.15, 0.2) is 77.2 Å². The van der Waals surface area contributed by atoms with Gasteiger partial charge in [-0.3, -0.25) is 0 Å². The third-order valence-corrected chi connectivity index (χ3v) is 19.5. The average Bonchev–Trinajstić information content (AvgIpc) is 3.27. The van der Waals surface area contributed by atoms with Gasteiger partial charge in [-0.1, -0.05) is 135 Å². The van der Waals surface area contributed by atoms with Crippen LogP contribution in [-0.4, -0.2) is 22.7 Å². The molecule has 1 aromatic heterocycles. The first kappa shape index (κ1) is 28.7. The van der Waals surface area contributed by atoms with Gasteiger partial charge in [0.2, 0.25) is 0 Å². The molecule has 0 unspecified atom stereocenters. The van der Waals surface area contributed by atoms with Crippen LogP contribution in [0.1, 0.15) is 73.6 Å². The molecule has 2 aromatic carbocycles. The van der Waals surface area contributed by atoms with E-state index < -0.39 is 16.6 Å². The molecule has 0 fully saturated rings. The Bertz CT molecular complexity index is 1160. The first-order valence-corrected chi connectivity index (χ1v) is 18.3. The maximum Gasteiger partial charge on any atom is 0.271 e. The van der Waals surface area contributed by atoms with E-state index in [0.717, 1.165) is 11.3 Å². The van der Waals surface area contributed by atoms with E-state index >= 15 is 0 Å². The number of hydrogen-bond donors (Lipinski definition) is 0. The fraction of sp³-hybridized carbons (Fsp3) is 0.455. The Morgan fingerprint density at radius 2 is 1.29 bits per heavy atom. The first-order valence-electron chi connectivity index (χ1n) is 14.2. The largest absolute Gasteiger partial charge is 0.518 e. The highest BCUT2D eigenvalue weighted by atomic mass is 28.4. The Labute approximate surface area is 232 Å². The van der Waals surface area contributed by atoms with Gasteiger partial charge in [0.1, 0.15) is 5.76 Å². The van der Waals surface area contributed by atoms with Crippen LogP contribution in [0.2, 0.25) is 21.7 Å². The van der Waals surface area contributed by atoms with Crippen molar-refractivity contribution >= 4 is 33.1 Å². The molecular formula is C33H46O3Si2. The molecule has 5 heteroatoms. The molecule has 0 bridgehead atoms. The molecule has 0 saturated heterocycles. The minimum Gasteiger partial charge on any atom is -0.518 e. The fourth-order valence-corrected chi connectivity index (χ4v) is 16.5. The summed E-state index contributed by atoms with van der Waals surface area (Å²) in [4.78, 5) is 0. The van der Waals surface area contributed by atoms with E-state index in [1.165, 1.54) is 10.4 Å². The van der Waals surface area contributed by atoms with Gasteiger partial charge in [0.25, 0.3) is 22.6 Å². The summed E-state index contributed by atoms with van der Waals surface area (Å²) in [5.74, 6) is 1.64. The maximum atomic E-state index is 7.36. The number of furan rings is 1. The first-order chi connectivity index (χ1) is 17.9. The molecule has 4 rings (SSSR count). The number of benzene rings is 2. The standard InChI is InChI=1S/C33H46O3Si2/c1-24(2)37(25(3)4,26(5)6)36-32-22-27-20-21-28(23-31(27)34-32)35-38(33(7,8)9,29-16-12-10-13-17-29)30-18-14-11-15-19-30/h10-22,24-26,28H,23H2,1-9H3/t28-/m0/s1. The van der Waals surface area contributed by atoms with Crippen molar-refractivity contribution in [3.8, 4) is 5.95 Å². The molecule has 0 spiro atoms. The van der Waals surface area contributed by atoms with Gasteiger partial charge >= 0.3 is 0 Å². The van der Waals surface area contributed by atoms with Gasteiger partial charge in [-0.05, 0) is 32.0 Å². The number of hydrogen-bond acceptors (Lipinski definition) is 3. The highest BCUT2D eigenvalue weighted by molar-refractivity contribution is 6.99. The molecule has 0 radical (unpaired) electrons. The molecule has 1 aliphatic rings. The molecule has 3 nitrogen and oxygen atoms in total. The summed E-state index contributed by atoms with van der Waals surface area (Å²) in [5.41, 5.74) is 2.59. The molecule has 0 aliphatic heterocycles. The van der Waals surface area contributed by atoms with Gasteiger partial charge in [0.15, 0.2) is 0 Å². The van der Waals surface area contributed by atoms with Crippen LogP contribution in [-0.2, 0) is 10.8 Å². The molecule has 1 atom stereocenters. The van der Waals surface area contributed by atoms with Crippen LogP contribution >= 0.6 is 0 Å². The van der Waals surface area contributed by atoms with Crippen molar-refractivity contribution in [1.82, 2.24) is 0 Å². The molecule has 1 heterocycles. The van der Waals surface area contributed by atoms with Crippen molar-refractivity contribution in [2.24, 2.45) is 0 Å². The Balaban J connectivity index is 1.68. The van der Waals surface area contributed by atoms with E-state index in [1.807, 2.05) is 0 Å². The summed E-state index contributed by atoms with van der Waals surface area (Å²) in [6.07, 6.45) is 5.02. The Hall–Kier alpha value is -2.35. The summed E-state index contributed by atoms with van der Waals surface area (Å²) < 4.78 is 20.7. The van der Waals surface area contributed by atoms with Crippen molar-refractivity contribution in [3.63, 3.8) is 0 Å². The van der Waals surface area contributed by atoms with Crippen LogP contribution in [0, 0.1) is 0 Å². The van der Waals surface area contributed by atoms with Gasteiger partial charge in [0.05, 0.1) is 6.10 Å². The van der Waals surface area contributed by atoms with E-state index in [-0.39, 0.29) is 11.1 Å². The highest BCUT2D eigenvalue weighted by Gasteiger charge is 2.52. The molecular weight excluding hydrogens is 501 g/mol. The molecule has 0 N–H and O–H groups in total. The zero-order valence-electron chi connectivity index (χ0n) is 24.7. The summed E-state index contributed by atoms with van der Waals surface area (Å²) in [7, 11) is -4.75. The van der Waals surface area contributed by atoms with E-state index in [2.05, 4.69) is 141 Å². The molecule has 204 valence electrons. The van der Waals surface area contributed by atoms with Gasteiger partial charge in [-0.2, -0.15) is 0 Å². The smallest absolute Gasteiger partial charge is 0.271 e. The van der Waals surface area contributed by atoms with Crippen molar-refractivity contribution in [2.75, 3.05) is 0 Å². The van der Waals surface area contributed by atoms with Gasteiger partial charge < -0.3 is 13.3 Å². The molecule has 38 heavy (non-hydrogen) atoms. The maximum absolute atomic E-state index is 7.36. The average molecular weight is 547 g/mol. The second-order valence-electron chi connectivity index (χ2n) is 12.7. The van der Waals surface area contributed by atoms with Crippen molar-refractivity contribution in [2.45, 2.75) is 96.5 Å². The van der Waals surface area contributed by atoms with Gasteiger partial charge in [-0.25, -0.2) is 0 Å². The third-order valence-electron chi connectivity index (χ3n) is 8.43. The minimum absolute atomic E-state index is 0.0712.